The molecular weight excluding hydrogens is 208 g/mol. The number of nitrogens with one attached hydrogen (secondary N) is 1. The van der Waals surface area contributed by atoms with Crippen LogP contribution in [0.3, 0.4) is 0 Å². The molecule has 0 fully saturated rings. The summed E-state index contributed by atoms with van der Waals surface area (Å²) in [7, 11) is 0. The number of aromatic amines is 1. The van der Waals surface area contributed by atoms with Crippen molar-refractivity contribution < 1.29 is 9.84 Å². The van der Waals surface area contributed by atoms with E-state index in [1.165, 1.54) is 0 Å². The van der Waals surface area contributed by atoms with Crippen molar-refractivity contribution in [3.05, 3.63) is 21.7 Å². The molecule has 0 saturated carbocycles. The molecule has 5 nitrogen and oxygen atoms in total. The fourth-order valence-electron chi connectivity index (χ4n) is 1.42. The van der Waals surface area contributed by atoms with Gasteiger partial charge in [0.15, 0.2) is 0 Å². The van der Waals surface area contributed by atoms with Crippen LogP contribution in [0, 0.1) is 0 Å². The molecule has 1 aromatic heterocycles. The third-order valence-electron chi connectivity index (χ3n) is 2.15. The molecule has 0 radical (unpaired) electrons. The smallest absolute Gasteiger partial charge is 0.258 e. The fourth-order valence-corrected chi connectivity index (χ4v) is 1.42. The normalized spacial score (nSPS) is 11.0. The minimum Gasteiger partial charge on any atom is -0.493 e. The molecule has 0 amide bonds. The van der Waals surface area contributed by atoms with Crippen LogP contribution in [-0.2, 0) is 11.3 Å². The van der Waals surface area contributed by atoms with Gasteiger partial charge in [0, 0.05) is 6.61 Å². The summed E-state index contributed by atoms with van der Waals surface area (Å²) < 4.78 is 5.24. The van der Waals surface area contributed by atoms with Crippen LogP contribution in [0.25, 0.3) is 0 Å². The highest BCUT2D eigenvalue weighted by atomic mass is 16.5. The third-order valence-corrected chi connectivity index (χ3v) is 2.15. The van der Waals surface area contributed by atoms with E-state index in [9.17, 15) is 9.90 Å². The standard InChI is InChI=1S/C11H18N2O3/c1-4-5-16-6-8-12-10(14)9(7(2)3)11(15)13-8/h7H,4-6H2,1-3H3,(H2,12,13,14,15). The van der Waals surface area contributed by atoms with Crippen LogP contribution in [0.1, 0.15) is 44.5 Å². The molecule has 0 atom stereocenters. The van der Waals surface area contributed by atoms with E-state index in [4.69, 9.17) is 4.74 Å². The van der Waals surface area contributed by atoms with Crippen LogP contribution in [0.5, 0.6) is 5.88 Å². The van der Waals surface area contributed by atoms with Gasteiger partial charge in [-0.25, -0.2) is 0 Å². The highest BCUT2D eigenvalue weighted by Crippen LogP contribution is 2.18. The molecule has 1 rings (SSSR count). The van der Waals surface area contributed by atoms with E-state index in [-0.39, 0.29) is 24.0 Å². The lowest BCUT2D eigenvalue weighted by Crippen LogP contribution is -2.18. The summed E-state index contributed by atoms with van der Waals surface area (Å²) in [5.74, 6) is 0.107. The van der Waals surface area contributed by atoms with Crippen molar-refractivity contribution >= 4 is 0 Å². The first-order valence-corrected chi connectivity index (χ1v) is 5.46. The monoisotopic (exact) mass is 226 g/mol. The summed E-state index contributed by atoms with van der Waals surface area (Å²) in [4.78, 5) is 18.1. The summed E-state index contributed by atoms with van der Waals surface area (Å²) >= 11 is 0. The molecule has 5 heteroatoms. The molecule has 0 spiro atoms. The zero-order valence-corrected chi connectivity index (χ0v) is 9.91. The number of aromatic nitrogens is 2. The van der Waals surface area contributed by atoms with E-state index in [0.717, 1.165) is 6.42 Å². The largest absolute Gasteiger partial charge is 0.493 e. The van der Waals surface area contributed by atoms with Crippen molar-refractivity contribution in [3.8, 4) is 5.88 Å². The zero-order chi connectivity index (χ0) is 12.1. The lowest BCUT2D eigenvalue weighted by atomic mass is 10.1. The third kappa shape index (κ3) is 3.06. The summed E-state index contributed by atoms with van der Waals surface area (Å²) in [6, 6.07) is 0. The molecular formula is C11H18N2O3. The molecule has 90 valence electrons. The number of ether oxygens (including phenoxy) is 1. The number of rotatable bonds is 5. The molecule has 0 bridgehead atoms. The molecule has 0 aliphatic heterocycles. The van der Waals surface area contributed by atoms with Gasteiger partial charge in [-0.05, 0) is 12.3 Å². The average Bonchev–Trinajstić information content (AvgIpc) is 2.16. The second-order valence-electron chi connectivity index (χ2n) is 3.96. The first-order chi connectivity index (χ1) is 7.56. The number of aromatic hydroxyl groups is 1. The quantitative estimate of drug-likeness (QED) is 0.746. The second-order valence-corrected chi connectivity index (χ2v) is 3.96. The molecule has 1 aromatic rings. The van der Waals surface area contributed by atoms with Crippen LogP contribution >= 0.6 is 0 Å². The van der Waals surface area contributed by atoms with Gasteiger partial charge in [-0.3, -0.25) is 4.79 Å². The Morgan fingerprint density at radius 3 is 2.69 bits per heavy atom. The van der Waals surface area contributed by atoms with Crippen molar-refractivity contribution in [1.29, 1.82) is 0 Å². The summed E-state index contributed by atoms with van der Waals surface area (Å²) in [6.45, 7) is 6.49. The van der Waals surface area contributed by atoms with Gasteiger partial charge in [-0.2, -0.15) is 4.98 Å². The molecule has 0 aromatic carbocycles. The first-order valence-electron chi connectivity index (χ1n) is 5.46. The van der Waals surface area contributed by atoms with Crippen LogP contribution in [0.4, 0.5) is 0 Å². The number of nitrogens with zero attached hydrogens (tertiary/aromatic N) is 1. The predicted octanol–water partition coefficient (Wildman–Crippen LogP) is 1.53. The lowest BCUT2D eigenvalue weighted by molar-refractivity contribution is 0.115. The number of hydrogen-bond acceptors (Lipinski definition) is 4. The van der Waals surface area contributed by atoms with E-state index in [1.54, 1.807) is 0 Å². The van der Waals surface area contributed by atoms with Gasteiger partial charge in [0.1, 0.15) is 12.4 Å². The van der Waals surface area contributed by atoms with Crippen LogP contribution in [0.2, 0.25) is 0 Å². The molecule has 0 aliphatic rings. The number of hydrogen-bond donors (Lipinski definition) is 2. The molecule has 0 saturated heterocycles. The van der Waals surface area contributed by atoms with Gasteiger partial charge in [0.05, 0.1) is 5.56 Å². The lowest BCUT2D eigenvalue weighted by Gasteiger charge is -2.08. The highest BCUT2D eigenvalue weighted by molar-refractivity contribution is 5.25. The first kappa shape index (κ1) is 12.7. The maximum atomic E-state index is 11.6. The summed E-state index contributed by atoms with van der Waals surface area (Å²) in [6.07, 6.45) is 0.903. The molecule has 0 aliphatic carbocycles. The van der Waals surface area contributed by atoms with Crippen molar-refractivity contribution in [2.45, 2.75) is 39.7 Å². The molecule has 16 heavy (non-hydrogen) atoms. The predicted molar refractivity (Wildman–Crippen MR) is 60.6 cm³/mol. The van der Waals surface area contributed by atoms with Crippen molar-refractivity contribution in [3.63, 3.8) is 0 Å². The maximum Gasteiger partial charge on any atom is 0.258 e. The Morgan fingerprint density at radius 1 is 1.50 bits per heavy atom. The van der Waals surface area contributed by atoms with E-state index in [0.29, 0.717) is 18.0 Å². The summed E-state index contributed by atoms with van der Waals surface area (Å²) in [5.41, 5.74) is 0.0249. The Bertz CT molecular complexity index is 399. The van der Waals surface area contributed by atoms with E-state index in [1.807, 2.05) is 20.8 Å². The van der Waals surface area contributed by atoms with Gasteiger partial charge < -0.3 is 14.8 Å². The average molecular weight is 226 g/mol. The van der Waals surface area contributed by atoms with Crippen LogP contribution < -0.4 is 5.56 Å². The summed E-state index contributed by atoms with van der Waals surface area (Å²) in [5, 5.41) is 9.61. The SMILES string of the molecule is CCCOCc1nc(O)c(C(C)C)c(=O)[nH]1. The maximum absolute atomic E-state index is 11.6. The second kappa shape index (κ2) is 5.65. The Morgan fingerprint density at radius 2 is 2.19 bits per heavy atom. The van der Waals surface area contributed by atoms with Crippen molar-refractivity contribution in [2.75, 3.05) is 6.61 Å². The van der Waals surface area contributed by atoms with Crippen molar-refractivity contribution in [2.24, 2.45) is 0 Å². The van der Waals surface area contributed by atoms with Crippen molar-refractivity contribution in [1.82, 2.24) is 9.97 Å². The van der Waals surface area contributed by atoms with Gasteiger partial charge in [-0.15, -0.1) is 0 Å². The van der Waals surface area contributed by atoms with Crippen LogP contribution in [-0.4, -0.2) is 21.7 Å². The van der Waals surface area contributed by atoms with Gasteiger partial charge >= 0.3 is 0 Å². The van der Waals surface area contributed by atoms with Gasteiger partial charge in [0.2, 0.25) is 5.88 Å². The van der Waals surface area contributed by atoms with E-state index >= 15 is 0 Å². The van der Waals surface area contributed by atoms with E-state index < -0.39 is 0 Å². The topological polar surface area (TPSA) is 75.2 Å². The molecule has 1 heterocycles. The molecule has 0 unspecified atom stereocenters. The van der Waals surface area contributed by atoms with Gasteiger partial charge in [0.25, 0.3) is 5.56 Å². The minimum absolute atomic E-state index is 0.0538. The molecule has 2 N–H and O–H groups in total. The number of H-pyrrole nitrogens is 1. The van der Waals surface area contributed by atoms with Gasteiger partial charge in [-0.1, -0.05) is 20.8 Å². The Balaban J connectivity index is 2.88. The highest BCUT2D eigenvalue weighted by Gasteiger charge is 2.13. The van der Waals surface area contributed by atoms with Crippen LogP contribution in [0.15, 0.2) is 4.79 Å². The Labute approximate surface area is 94.5 Å². The Hall–Kier alpha value is -1.36. The van der Waals surface area contributed by atoms with E-state index in [2.05, 4.69) is 9.97 Å². The Kier molecular flexibility index (Phi) is 4.49. The minimum atomic E-state index is -0.294. The zero-order valence-electron chi connectivity index (χ0n) is 9.91. The fraction of sp³-hybridized carbons (Fsp3) is 0.636.